The van der Waals surface area contributed by atoms with Crippen LogP contribution in [-0.4, -0.2) is 41.1 Å². The molecular formula is C22H21NO8S. The van der Waals surface area contributed by atoms with E-state index in [1.807, 2.05) is 18.2 Å². The van der Waals surface area contributed by atoms with E-state index < -0.39 is 10.4 Å². The summed E-state index contributed by atoms with van der Waals surface area (Å²) in [6.07, 6.45) is 2.12. The molecule has 9 nitrogen and oxygen atoms in total. The lowest BCUT2D eigenvalue weighted by atomic mass is 10.0. The maximum atomic E-state index is 9.22. The van der Waals surface area contributed by atoms with Crippen molar-refractivity contribution in [2.24, 2.45) is 7.05 Å². The predicted octanol–water partition coefficient (Wildman–Crippen LogP) is 2.81. The topological polar surface area (TPSA) is 107 Å². The summed E-state index contributed by atoms with van der Waals surface area (Å²) in [7, 11) is 1.77. The molecule has 0 amide bonds. The van der Waals surface area contributed by atoms with E-state index in [0.29, 0.717) is 0 Å². The van der Waals surface area contributed by atoms with Gasteiger partial charge in [0.15, 0.2) is 29.2 Å². The predicted molar refractivity (Wildman–Crippen MR) is 116 cm³/mol. The molecule has 0 saturated carbocycles. The molecular weight excluding hydrogens is 438 g/mol. The lowest BCUT2D eigenvalue weighted by molar-refractivity contribution is -0.642. The highest BCUT2D eigenvalue weighted by atomic mass is 32.3. The Kier molecular flexibility index (Phi) is 5.68. The van der Waals surface area contributed by atoms with Crippen molar-refractivity contribution in [3.05, 3.63) is 42.6 Å². The summed E-state index contributed by atoms with van der Waals surface area (Å²) >= 11 is 0. The van der Waals surface area contributed by atoms with Crippen LogP contribution in [0.3, 0.4) is 0 Å². The summed E-state index contributed by atoms with van der Waals surface area (Å²) in [5, 5.41) is 5.62. The van der Waals surface area contributed by atoms with Crippen LogP contribution in [0.5, 0.6) is 23.0 Å². The first-order valence-electron chi connectivity index (χ1n) is 9.47. The fraction of sp³-hybridized carbons (Fsp3) is 0.227. The molecule has 3 aromatic carbocycles. The van der Waals surface area contributed by atoms with Gasteiger partial charge in [-0.15, -0.1) is 0 Å². The van der Waals surface area contributed by atoms with Crippen LogP contribution < -0.4 is 23.5 Å². The monoisotopic (exact) mass is 459 g/mol. The Morgan fingerprint density at radius 2 is 1.50 bits per heavy atom. The van der Waals surface area contributed by atoms with Crippen molar-refractivity contribution in [1.82, 2.24) is 0 Å². The molecule has 0 radical (unpaired) electrons. The number of hydrogen-bond acceptors (Lipinski definition) is 8. The number of pyridine rings is 1. The summed E-state index contributed by atoms with van der Waals surface area (Å²) in [6.45, 7) is 0.273. The summed E-state index contributed by atoms with van der Waals surface area (Å²) in [5.74, 6) is 3.04. The zero-order chi connectivity index (χ0) is 23.0. The first-order chi connectivity index (χ1) is 15.3. The average Bonchev–Trinajstić information content (AvgIpc) is 3.23. The maximum Gasteiger partial charge on any atom is 0.231 e. The van der Waals surface area contributed by atoms with Gasteiger partial charge in [0, 0.05) is 5.39 Å². The molecule has 0 spiro atoms. The number of fused-ring (bicyclic) bond motifs is 6. The van der Waals surface area contributed by atoms with E-state index in [1.165, 1.54) is 0 Å². The number of benzene rings is 3. The molecule has 32 heavy (non-hydrogen) atoms. The molecule has 1 aliphatic rings. The molecule has 1 aliphatic heterocycles. The van der Waals surface area contributed by atoms with Crippen molar-refractivity contribution < 1.29 is 40.7 Å². The van der Waals surface area contributed by atoms with E-state index in [-0.39, 0.29) is 6.79 Å². The number of aromatic nitrogens is 1. The summed E-state index contributed by atoms with van der Waals surface area (Å²) in [4.78, 5) is 0. The van der Waals surface area contributed by atoms with Crippen molar-refractivity contribution in [2.45, 2.75) is 0 Å². The molecule has 0 unspecified atom stereocenters. The SMILES string of the molecule is COS(=O)(=O)[O-].COc1cc2ccc3c4cc5c(cc4c[n+](C)c3c2cc1OC)OCO5. The molecule has 0 saturated heterocycles. The largest absolute Gasteiger partial charge is 0.726 e. The Bertz CT molecular complexity index is 1450. The normalized spacial score (nSPS) is 12.7. The molecule has 1 aromatic heterocycles. The molecule has 0 N–H and O–H groups in total. The zero-order valence-corrected chi connectivity index (χ0v) is 18.7. The Hall–Kier alpha value is -3.34. The lowest BCUT2D eigenvalue weighted by Gasteiger charge is -2.11. The highest BCUT2D eigenvalue weighted by molar-refractivity contribution is 7.80. The van der Waals surface area contributed by atoms with Crippen LogP contribution in [0.2, 0.25) is 0 Å². The molecule has 4 aromatic rings. The van der Waals surface area contributed by atoms with E-state index in [9.17, 15) is 13.0 Å². The van der Waals surface area contributed by atoms with Crippen molar-refractivity contribution in [3.63, 3.8) is 0 Å². The fourth-order valence-corrected chi connectivity index (χ4v) is 3.80. The van der Waals surface area contributed by atoms with Gasteiger partial charge in [-0.05, 0) is 35.7 Å². The molecule has 10 heteroatoms. The number of rotatable bonds is 3. The third-order valence-corrected chi connectivity index (χ3v) is 5.63. The van der Waals surface area contributed by atoms with E-state index in [1.54, 1.807) is 14.2 Å². The van der Waals surface area contributed by atoms with Gasteiger partial charge in [0.2, 0.25) is 22.7 Å². The Morgan fingerprint density at radius 1 is 0.875 bits per heavy atom. The highest BCUT2D eigenvalue weighted by Crippen LogP contribution is 2.40. The molecule has 0 fully saturated rings. The number of nitrogens with zero attached hydrogens (tertiary/aromatic N) is 1. The molecule has 168 valence electrons. The van der Waals surface area contributed by atoms with Gasteiger partial charge in [-0.1, -0.05) is 6.07 Å². The maximum absolute atomic E-state index is 9.22. The zero-order valence-electron chi connectivity index (χ0n) is 17.9. The standard InChI is InChI=1S/C21H18NO4.CH4O4S/c1-22-10-13-7-19-20(26-11-25-19)8-15(13)14-5-4-12-6-17(23-2)18(24-3)9-16(12)21(14)22;1-5-6(2,3)4/h4-10H,11H2,1-3H3;1H3,(H,2,3,4)/q+1;/p-1. The van der Waals surface area contributed by atoms with E-state index in [4.69, 9.17) is 18.9 Å². The van der Waals surface area contributed by atoms with Crippen LogP contribution in [0.15, 0.2) is 42.6 Å². The first kappa shape index (κ1) is 21.9. The smallest absolute Gasteiger partial charge is 0.231 e. The average molecular weight is 459 g/mol. The second kappa shape index (κ2) is 8.30. The number of hydrogen-bond donors (Lipinski definition) is 0. The molecule has 0 bridgehead atoms. The summed E-state index contributed by atoms with van der Waals surface area (Å²) < 4.78 is 55.2. The minimum atomic E-state index is -4.41. The van der Waals surface area contributed by atoms with Crippen molar-refractivity contribution in [2.75, 3.05) is 28.1 Å². The highest BCUT2D eigenvalue weighted by Gasteiger charge is 2.21. The van der Waals surface area contributed by atoms with Crippen LogP contribution in [0.4, 0.5) is 0 Å². The van der Waals surface area contributed by atoms with Gasteiger partial charge in [-0.25, -0.2) is 8.42 Å². The number of ether oxygens (including phenoxy) is 4. The third kappa shape index (κ3) is 3.95. The van der Waals surface area contributed by atoms with Crippen molar-refractivity contribution in [3.8, 4) is 23.0 Å². The van der Waals surface area contributed by atoms with Gasteiger partial charge < -0.3 is 23.5 Å². The molecule has 5 rings (SSSR count). The van der Waals surface area contributed by atoms with Crippen LogP contribution in [0.1, 0.15) is 0 Å². The molecule has 0 aliphatic carbocycles. The molecule has 2 heterocycles. The second-order valence-electron chi connectivity index (χ2n) is 7.00. The van der Waals surface area contributed by atoms with Gasteiger partial charge in [0.05, 0.1) is 37.5 Å². The van der Waals surface area contributed by atoms with E-state index in [2.05, 4.69) is 40.2 Å². The third-order valence-electron chi connectivity index (χ3n) is 5.22. The van der Waals surface area contributed by atoms with Crippen LogP contribution in [0.25, 0.3) is 32.4 Å². The fourth-order valence-electron chi connectivity index (χ4n) is 3.80. The van der Waals surface area contributed by atoms with Crippen LogP contribution in [-0.2, 0) is 21.6 Å². The van der Waals surface area contributed by atoms with E-state index >= 15 is 0 Å². The van der Waals surface area contributed by atoms with Crippen molar-refractivity contribution in [1.29, 1.82) is 0 Å². The summed E-state index contributed by atoms with van der Waals surface area (Å²) in [6, 6.07) is 12.4. The summed E-state index contributed by atoms with van der Waals surface area (Å²) in [5.41, 5.74) is 1.13. The van der Waals surface area contributed by atoms with Gasteiger partial charge in [-0.2, -0.15) is 4.57 Å². The lowest BCUT2D eigenvalue weighted by Crippen LogP contribution is -2.28. The van der Waals surface area contributed by atoms with Crippen LogP contribution in [0, 0.1) is 0 Å². The Balaban J connectivity index is 0.000000363. The van der Waals surface area contributed by atoms with Gasteiger partial charge in [-0.3, -0.25) is 4.18 Å². The first-order valence-corrected chi connectivity index (χ1v) is 10.8. The molecule has 0 atom stereocenters. The minimum Gasteiger partial charge on any atom is -0.726 e. The van der Waals surface area contributed by atoms with Gasteiger partial charge >= 0.3 is 0 Å². The number of methoxy groups -OCH3 is 2. The quantitative estimate of drug-likeness (QED) is 0.199. The van der Waals surface area contributed by atoms with Gasteiger partial charge in [0.1, 0.15) is 7.05 Å². The second-order valence-corrected chi connectivity index (χ2v) is 8.15. The van der Waals surface area contributed by atoms with Gasteiger partial charge in [0.25, 0.3) is 0 Å². The Morgan fingerprint density at radius 3 is 2.12 bits per heavy atom. The Labute approximate surface area is 184 Å². The van der Waals surface area contributed by atoms with Crippen LogP contribution >= 0.6 is 0 Å². The minimum absolute atomic E-state index is 0.273. The van der Waals surface area contributed by atoms with E-state index in [0.717, 1.165) is 62.6 Å². The van der Waals surface area contributed by atoms with Crippen molar-refractivity contribution >= 4 is 42.8 Å². The number of aryl methyl sites for hydroxylation is 1.